The lowest BCUT2D eigenvalue weighted by Crippen LogP contribution is -2.25. The maximum absolute atomic E-state index is 5.08. The van der Waals surface area contributed by atoms with E-state index in [9.17, 15) is 0 Å². The summed E-state index contributed by atoms with van der Waals surface area (Å²) in [5.74, 6) is 0. The number of hydrogen-bond donors (Lipinski definition) is 1. The third-order valence-electron chi connectivity index (χ3n) is 2.01. The molecule has 2 rings (SSSR count). The molecule has 1 aromatic carbocycles. The van der Waals surface area contributed by atoms with Crippen LogP contribution >= 0.6 is 0 Å². The summed E-state index contributed by atoms with van der Waals surface area (Å²) in [6.07, 6.45) is 1.45. The number of nitrogens with zero attached hydrogens (tertiary/aromatic N) is 1. The number of benzene rings is 1. The molecule has 1 aromatic rings. The normalized spacial score (nSPS) is 14.8. The van der Waals surface area contributed by atoms with Gasteiger partial charge in [0.2, 0.25) is 0 Å². The van der Waals surface area contributed by atoms with Crippen molar-refractivity contribution in [2.75, 3.05) is 12.2 Å². The Morgan fingerprint density at radius 2 is 2.38 bits per heavy atom. The van der Waals surface area contributed by atoms with Crippen molar-refractivity contribution in [2.24, 2.45) is 0 Å². The van der Waals surface area contributed by atoms with E-state index in [0.29, 0.717) is 6.73 Å². The molecule has 0 aromatic heterocycles. The number of ether oxygens (including phenoxy) is 1. The number of hydrogen-bond acceptors (Lipinski definition) is 3. The SMILES string of the molecule is C=COCN1Cc2ccccc2N1. The zero-order chi connectivity index (χ0) is 9.10. The molecule has 0 saturated heterocycles. The van der Waals surface area contributed by atoms with Crippen LogP contribution in [-0.4, -0.2) is 11.7 Å². The third kappa shape index (κ3) is 1.65. The summed E-state index contributed by atoms with van der Waals surface area (Å²) in [4.78, 5) is 0. The van der Waals surface area contributed by atoms with Crippen molar-refractivity contribution >= 4 is 5.69 Å². The summed E-state index contributed by atoms with van der Waals surface area (Å²) in [5, 5.41) is 1.99. The molecule has 0 atom stereocenters. The molecular weight excluding hydrogens is 164 g/mol. The zero-order valence-electron chi connectivity index (χ0n) is 7.36. The number of rotatable bonds is 3. The molecule has 1 N–H and O–H groups in total. The average molecular weight is 176 g/mol. The highest BCUT2D eigenvalue weighted by Gasteiger charge is 2.16. The minimum Gasteiger partial charge on any atom is -0.485 e. The number of anilines is 1. The Labute approximate surface area is 77.6 Å². The fourth-order valence-corrected chi connectivity index (χ4v) is 1.40. The van der Waals surface area contributed by atoms with Gasteiger partial charge in [-0.2, -0.15) is 5.01 Å². The minimum absolute atomic E-state index is 0.526. The van der Waals surface area contributed by atoms with E-state index in [-0.39, 0.29) is 0 Å². The Morgan fingerprint density at radius 3 is 3.15 bits per heavy atom. The summed E-state index contributed by atoms with van der Waals surface area (Å²) < 4.78 is 5.08. The van der Waals surface area contributed by atoms with Gasteiger partial charge in [-0.05, 0) is 11.6 Å². The Hall–Kier alpha value is -1.48. The average Bonchev–Trinajstić information content (AvgIpc) is 2.57. The van der Waals surface area contributed by atoms with E-state index in [1.54, 1.807) is 0 Å². The molecule has 3 heteroatoms. The molecule has 68 valence electrons. The first-order valence-corrected chi connectivity index (χ1v) is 4.22. The van der Waals surface area contributed by atoms with E-state index < -0.39 is 0 Å². The molecule has 1 aliphatic heterocycles. The van der Waals surface area contributed by atoms with Crippen molar-refractivity contribution < 1.29 is 4.74 Å². The van der Waals surface area contributed by atoms with Gasteiger partial charge >= 0.3 is 0 Å². The first kappa shape index (κ1) is 8.13. The lowest BCUT2D eigenvalue weighted by molar-refractivity contribution is 0.113. The molecule has 13 heavy (non-hydrogen) atoms. The smallest absolute Gasteiger partial charge is 0.157 e. The van der Waals surface area contributed by atoms with Crippen molar-refractivity contribution in [1.29, 1.82) is 0 Å². The quantitative estimate of drug-likeness (QED) is 0.712. The molecule has 0 aliphatic carbocycles. The Kier molecular flexibility index (Phi) is 2.19. The van der Waals surface area contributed by atoms with Crippen molar-refractivity contribution in [3.8, 4) is 0 Å². The second kappa shape index (κ2) is 3.49. The van der Waals surface area contributed by atoms with Gasteiger partial charge in [-0.1, -0.05) is 24.8 Å². The highest BCUT2D eigenvalue weighted by Crippen LogP contribution is 2.23. The lowest BCUT2D eigenvalue weighted by Gasteiger charge is -2.14. The highest BCUT2D eigenvalue weighted by atomic mass is 16.5. The van der Waals surface area contributed by atoms with Gasteiger partial charge in [0, 0.05) is 6.54 Å². The van der Waals surface area contributed by atoms with Crippen LogP contribution in [0, 0.1) is 0 Å². The van der Waals surface area contributed by atoms with Gasteiger partial charge in [0.15, 0.2) is 6.73 Å². The summed E-state index contributed by atoms with van der Waals surface area (Å²) in [6, 6.07) is 8.22. The van der Waals surface area contributed by atoms with E-state index in [2.05, 4.69) is 24.1 Å². The molecule has 0 amide bonds. The molecule has 1 heterocycles. The van der Waals surface area contributed by atoms with Gasteiger partial charge in [-0.25, -0.2) is 0 Å². The fraction of sp³-hybridized carbons (Fsp3) is 0.200. The number of fused-ring (bicyclic) bond motifs is 1. The molecule has 0 spiro atoms. The molecular formula is C10H12N2O. The Balaban J connectivity index is 2.01. The van der Waals surface area contributed by atoms with Crippen LogP contribution in [0.5, 0.6) is 0 Å². The molecule has 0 radical (unpaired) electrons. The van der Waals surface area contributed by atoms with Crippen LogP contribution in [0.2, 0.25) is 0 Å². The third-order valence-corrected chi connectivity index (χ3v) is 2.01. The van der Waals surface area contributed by atoms with Gasteiger partial charge in [-0.15, -0.1) is 0 Å². The second-order valence-corrected chi connectivity index (χ2v) is 2.93. The second-order valence-electron chi connectivity index (χ2n) is 2.93. The van der Waals surface area contributed by atoms with E-state index >= 15 is 0 Å². The fourth-order valence-electron chi connectivity index (χ4n) is 1.40. The molecule has 0 unspecified atom stereocenters. The van der Waals surface area contributed by atoms with Gasteiger partial charge in [0.05, 0.1) is 11.9 Å². The van der Waals surface area contributed by atoms with Gasteiger partial charge < -0.3 is 10.2 Å². The predicted molar refractivity (Wildman–Crippen MR) is 51.8 cm³/mol. The topological polar surface area (TPSA) is 24.5 Å². The molecule has 1 aliphatic rings. The Bertz CT molecular complexity index is 287. The maximum atomic E-state index is 5.08. The van der Waals surface area contributed by atoms with Crippen LogP contribution in [0.15, 0.2) is 37.1 Å². The molecule has 0 fully saturated rings. The summed E-state index contributed by atoms with van der Waals surface area (Å²) in [7, 11) is 0. The molecule has 0 saturated carbocycles. The first-order chi connectivity index (χ1) is 6.40. The first-order valence-electron chi connectivity index (χ1n) is 4.22. The van der Waals surface area contributed by atoms with Crippen molar-refractivity contribution in [2.45, 2.75) is 6.54 Å². The zero-order valence-corrected chi connectivity index (χ0v) is 7.36. The number of nitrogens with one attached hydrogen (secondary N) is 1. The number of para-hydroxylation sites is 1. The predicted octanol–water partition coefficient (Wildman–Crippen LogP) is 1.95. The van der Waals surface area contributed by atoms with Crippen molar-refractivity contribution in [1.82, 2.24) is 5.01 Å². The van der Waals surface area contributed by atoms with E-state index in [1.165, 1.54) is 11.8 Å². The van der Waals surface area contributed by atoms with Crippen LogP contribution < -0.4 is 5.43 Å². The Morgan fingerprint density at radius 1 is 1.54 bits per heavy atom. The van der Waals surface area contributed by atoms with Crippen molar-refractivity contribution in [3.05, 3.63) is 42.7 Å². The van der Waals surface area contributed by atoms with Crippen LogP contribution in [0.1, 0.15) is 5.56 Å². The van der Waals surface area contributed by atoms with E-state index in [0.717, 1.165) is 12.2 Å². The summed E-state index contributed by atoms with van der Waals surface area (Å²) in [5.41, 5.74) is 5.69. The van der Waals surface area contributed by atoms with Gasteiger partial charge in [0.25, 0.3) is 0 Å². The monoisotopic (exact) mass is 176 g/mol. The highest BCUT2D eigenvalue weighted by molar-refractivity contribution is 5.53. The van der Waals surface area contributed by atoms with Crippen LogP contribution in [-0.2, 0) is 11.3 Å². The minimum atomic E-state index is 0.526. The summed E-state index contributed by atoms with van der Waals surface area (Å²) >= 11 is 0. The van der Waals surface area contributed by atoms with Gasteiger partial charge in [0.1, 0.15) is 0 Å². The van der Waals surface area contributed by atoms with Crippen LogP contribution in [0.3, 0.4) is 0 Å². The van der Waals surface area contributed by atoms with E-state index in [4.69, 9.17) is 4.74 Å². The maximum Gasteiger partial charge on any atom is 0.157 e. The molecule has 3 nitrogen and oxygen atoms in total. The molecule has 0 bridgehead atoms. The standard InChI is InChI=1S/C10H12N2O/c1-2-13-8-12-7-9-5-3-4-6-10(9)11-12/h2-6,11H,1,7-8H2. The van der Waals surface area contributed by atoms with Crippen LogP contribution in [0.25, 0.3) is 0 Å². The van der Waals surface area contributed by atoms with Crippen LogP contribution in [0.4, 0.5) is 5.69 Å². The van der Waals surface area contributed by atoms with Crippen molar-refractivity contribution in [3.63, 3.8) is 0 Å². The number of hydrazine groups is 1. The lowest BCUT2D eigenvalue weighted by atomic mass is 10.2. The van der Waals surface area contributed by atoms with E-state index in [1.807, 2.05) is 17.1 Å². The van der Waals surface area contributed by atoms with Gasteiger partial charge in [-0.3, -0.25) is 0 Å². The largest absolute Gasteiger partial charge is 0.485 e. The summed E-state index contributed by atoms with van der Waals surface area (Å²) in [6.45, 7) is 4.90.